The molecule has 0 aliphatic rings. The largest absolute Gasteiger partial charge is 0.419 e. The summed E-state index contributed by atoms with van der Waals surface area (Å²) in [6.07, 6.45) is 0. The van der Waals surface area contributed by atoms with Crippen LogP contribution in [0.25, 0.3) is 21.9 Å². The fourth-order valence-electron chi connectivity index (χ4n) is 1.67. The van der Waals surface area contributed by atoms with Gasteiger partial charge in [-0.3, -0.25) is 0 Å². The number of thiophene rings is 1. The minimum Gasteiger partial charge on any atom is -0.419 e. The number of hydrogen-bond donors (Lipinski definition) is 1. The van der Waals surface area contributed by atoms with Gasteiger partial charge in [0.1, 0.15) is 0 Å². The van der Waals surface area contributed by atoms with E-state index in [9.17, 15) is 0 Å². The maximum Gasteiger partial charge on any atom is 0.247 e. The van der Waals surface area contributed by atoms with Crippen molar-refractivity contribution in [2.24, 2.45) is 5.73 Å². The zero-order valence-electron chi connectivity index (χ0n) is 9.95. The predicted molar refractivity (Wildman–Crippen MR) is 78.2 cm³/mol. The first-order valence-corrected chi connectivity index (χ1v) is 6.41. The van der Waals surface area contributed by atoms with Gasteiger partial charge in [-0.05, 0) is 29.1 Å². The Hall–Kier alpha value is -1.69. The van der Waals surface area contributed by atoms with Crippen LogP contribution in [0.5, 0.6) is 0 Å². The second kappa shape index (κ2) is 5.97. The van der Waals surface area contributed by atoms with Crippen molar-refractivity contribution < 1.29 is 4.42 Å². The molecule has 2 heterocycles. The third kappa shape index (κ3) is 2.84. The number of hydrogen-bond acceptors (Lipinski definition) is 5. The van der Waals surface area contributed by atoms with Gasteiger partial charge in [-0.2, -0.15) is 0 Å². The van der Waals surface area contributed by atoms with Gasteiger partial charge in [-0.25, -0.2) is 0 Å². The molecule has 0 saturated heterocycles. The average Bonchev–Trinajstić information content (AvgIpc) is 3.10. The minimum absolute atomic E-state index is 0. The molecule has 0 amide bonds. The molecule has 0 bridgehead atoms. The summed E-state index contributed by atoms with van der Waals surface area (Å²) in [6.45, 7) is 0.264. The van der Waals surface area contributed by atoms with Crippen LogP contribution >= 0.6 is 23.7 Å². The van der Waals surface area contributed by atoms with E-state index in [4.69, 9.17) is 10.2 Å². The van der Waals surface area contributed by atoms with Crippen molar-refractivity contribution in [3.8, 4) is 21.9 Å². The average molecular weight is 294 g/mol. The first-order valence-electron chi connectivity index (χ1n) is 5.53. The quantitative estimate of drug-likeness (QED) is 0.804. The molecule has 19 heavy (non-hydrogen) atoms. The zero-order chi connectivity index (χ0) is 12.4. The van der Waals surface area contributed by atoms with Crippen LogP contribution in [0.3, 0.4) is 0 Å². The van der Waals surface area contributed by atoms with Gasteiger partial charge >= 0.3 is 0 Å². The number of benzene rings is 1. The first kappa shape index (κ1) is 13.7. The van der Waals surface area contributed by atoms with E-state index in [1.807, 2.05) is 30.3 Å². The van der Waals surface area contributed by atoms with Gasteiger partial charge in [0.05, 0.1) is 6.54 Å². The summed E-state index contributed by atoms with van der Waals surface area (Å²) in [6, 6.07) is 12.2. The summed E-state index contributed by atoms with van der Waals surface area (Å²) in [5, 5.41) is 9.86. The van der Waals surface area contributed by atoms with E-state index < -0.39 is 0 Å². The summed E-state index contributed by atoms with van der Waals surface area (Å²) in [4.78, 5) is 1.25. The van der Waals surface area contributed by atoms with Crippen LogP contribution in [0, 0.1) is 0 Å². The van der Waals surface area contributed by atoms with Crippen molar-refractivity contribution in [3.63, 3.8) is 0 Å². The van der Waals surface area contributed by atoms with Gasteiger partial charge in [0.15, 0.2) is 0 Å². The van der Waals surface area contributed by atoms with E-state index in [0.717, 1.165) is 5.56 Å². The highest BCUT2D eigenvalue weighted by molar-refractivity contribution is 7.13. The lowest BCUT2D eigenvalue weighted by Crippen LogP contribution is -1.95. The van der Waals surface area contributed by atoms with Crippen LogP contribution in [0.4, 0.5) is 0 Å². The van der Waals surface area contributed by atoms with Gasteiger partial charge in [0.25, 0.3) is 0 Å². The molecule has 98 valence electrons. The lowest BCUT2D eigenvalue weighted by atomic mass is 10.1. The second-order valence-electron chi connectivity index (χ2n) is 3.76. The van der Waals surface area contributed by atoms with Crippen molar-refractivity contribution in [2.45, 2.75) is 6.54 Å². The smallest absolute Gasteiger partial charge is 0.247 e. The summed E-state index contributed by atoms with van der Waals surface area (Å²) in [5.41, 5.74) is 7.53. The molecule has 4 nitrogen and oxygen atoms in total. The highest BCUT2D eigenvalue weighted by Gasteiger charge is 2.07. The molecule has 2 N–H and O–H groups in total. The Balaban J connectivity index is 0.00000133. The zero-order valence-corrected chi connectivity index (χ0v) is 11.6. The molecule has 0 saturated carbocycles. The number of halogens is 1. The van der Waals surface area contributed by atoms with E-state index in [-0.39, 0.29) is 19.0 Å². The summed E-state index contributed by atoms with van der Waals surface area (Å²) in [5.74, 6) is 0.959. The molecule has 6 heteroatoms. The van der Waals surface area contributed by atoms with E-state index in [0.29, 0.717) is 11.8 Å². The number of nitrogens with zero attached hydrogens (tertiary/aromatic N) is 2. The van der Waals surface area contributed by atoms with Crippen molar-refractivity contribution in [1.82, 2.24) is 10.2 Å². The molecule has 1 aromatic carbocycles. The van der Waals surface area contributed by atoms with Crippen LogP contribution in [0.1, 0.15) is 5.89 Å². The molecular formula is C13H12ClN3OS. The molecule has 0 aliphatic carbocycles. The Morgan fingerprint density at radius 1 is 1.05 bits per heavy atom. The summed E-state index contributed by atoms with van der Waals surface area (Å²) >= 11 is 1.72. The van der Waals surface area contributed by atoms with Crippen LogP contribution in [0.15, 0.2) is 46.2 Å². The standard InChI is InChI=1S/C13H11N3OS.ClH/c14-8-12-15-16-13(17-12)10-5-3-9(4-6-10)11-2-1-7-18-11;/h1-7H,8,14H2;1H. The molecule has 2 aromatic heterocycles. The molecule has 0 radical (unpaired) electrons. The highest BCUT2D eigenvalue weighted by atomic mass is 35.5. The molecule has 0 unspecified atom stereocenters. The van der Waals surface area contributed by atoms with Gasteiger partial charge in [0.2, 0.25) is 11.8 Å². The first-order chi connectivity index (χ1) is 8.86. The van der Waals surface area contributed by atoms with E-state index in [1.165, 1.54) is 10.4 Å². The highest BCUT2D eigenvalue weighted by Crippen LogP contribution is 2.27. The van der Waals surface area contributed by atoms with Crippen LogP contribution < -0.4 is 5.73 Å². The Morgan fingerprint density at radius 3 is 2.37 bits per heavy atom. The lowest BCUT2D eigenvalue weighted by Gasteiger charge is -1.98. The fraction of sp³-hybridized carbons (Fsp3) is 0.0769. The van der Waals surface area contributed by atoms with Gasteiger partial charge in [-0.1, -0.05) is 18.2 Å². The van der Waals surface area contributed by atoms with Gasteiger partial charge in [-0.15, -0.1) is 33.9 Å². The molecule has 0 aliphatic heterocycles. The number of aromatic nitrogens is 2. The fourth-order valence-corrected chi connectivity index (χ4v) is 2.41. The molecule has 0 spiro atoms. The van der Waals surface area contributed by atoms with Crippen molar-refractivity contribution >= 4 is 23.7 Å². The monoisotopic (exact) mass is 293 g/mol. The van der Waals surface area contributed by atoms with Crippen LogP contribution in [-0.4, -0.2) is 10.2 Å². The Bertz CT molecular complexity index is 634. The third-order valence-corrected chi connectivity index (χ3v) is 3.50. The third-order valence-electron chi connectivity index (χ3n) is 2.58. The Kier molecular flexibility index (Phi) is 4.31. The lowest BCUT2D eigenvalue weighted by molar-refractivity contribution is 0.508. The summed E-state index contributed by atoms with van der Waals surface area (Å²) in [7, 11) is 0. The number of rotatable bonds is 3. The van der Waals surface area contributed by atoms with Crippen LogP contribution in [0.2, 0.25) is 0 Å². The molecule has 3 aromatic rings. The number of nitrogens with two attached hydrogens (primary N) is 1. The van der Waals surface area contributed by atoms with Crippen molar-refractivity contribution in [2.75, 3.05) is 0 Å². The molecule has 0 atom stereocenters. The van der Waals surface area contributed by atoms with Gasteiger partial charge < -0.3 is 10.2 Å². The SMILES string of the molecule is Cl.NCc1nnc(-c2ccc(-c3cccs3)cc2)o1. The minimum atomic E-state index is 0. The second-order valence-corrected chi connectivity index (χ2v) is 4.71. The molecular weight excluding hydrogens is 282 g/mol. The topological polar surface area (TPSA) is 64.9 Å². The van der Waals surface area contributed by atoms with Crippen molar-refractivity contribution in [1.29, 1.82) is 0 Å². The van der Waals surface area contributed by atoms with E-state index >= 15 is 0 Å². The molecule has 0 fully saturated rings. The normalized spacial score (nSPS) is 10.2. The summed E-state index contributed by atoms with van der Waals surface area (Å²) < 4.78 is 5.40. The maximum absolute atomic E-state index is 5.43. The van der Waals surface area contributed by atoms with Crippen molar-refractivity contribution in [3.05, 3.63) is 47.7 Å². The van der Waals surface area contributed by atoms with Gasteiger partial charge in [0, 0.05) is 10.4 Å². The molecule has 3 rings (SSSR count). The Morgan fingerprint density at radius 2 is 1.79 bits per heavy atom. The predicted octanol–water partition coefficient (Wildman–Crippen LogP) is 3.35. The van der Waals surface area contributed by atoms with Crippen LogP contribution in [-0.2, 0) is 6.54 Å². The Labute approximate surface area is 120 Å². The van der Waals surface area contributed by atoms with E-state index in [1.54, 1.807) is 11.3 Å². The maximum atomic E-state index is 5.43. The van der Waals surface area contributed by atoms with E-state index in [2.05, 4.69) is 21.6 Å².